The molecule has 0 radical (unpaired) electrons. The van der Waals surface area contributed by atoms with Crippen LogP contribution in [0, 0.1) is 23.7 Å². The third-order valence-corrected chi connectivity index (χ3v) is 7.72. The number of carbonyl (C=O) groups is 2. The van der Waals surface area contributed by atoms with E-state index in [-0.39, 0.29) is 42.8 Å². The molecule has 1 aromatic carbocycles. The highest BCUT2D eigenvalue weighted by Gasteiger charge is 2.27. The third-order valence-electron chi connectivity index (χ3n) is 7.72. The molecule has 8 nitrogen and oxygen atoms in total. The number of primary amides is 1. The Bertz CT molecular complexity index is 1220. The summed E-state index contributed by atoms with van der Waals surface area (Å²) < 4.78 is 10.5. The zero-order valence-electron chi connectivity index (χ0n) is 25.9. The summed E-state index contributed by atoms with van der Waals surface area (Å²) in [5, 5.41) is 22.1. The Balaban J connectivity index is 2.03. The smallest absolute Gasteiger partial charge is 0.404 e. The van der Waals surface area contributed by atoms with Crippen molar-refractivity contribution in [3.63, 3.8) is 0 Å². The van der Waals surface area contributed by atoms with Gasteiger partial charge in [-0.05, 0) is 54.5 Å². The van der Waals surface area contributed by atoms with Gasteiger partial charge in [-0.3, -0.25) is 4.79 Å². The van der Waals surface area contributed by atoms with Crippen molar-refractivity contribution in [2.45, 2.75) is 59.7 Å². The summed E-state index contributed by atoms with van der Waals surface area (Å²) in [5.41, 5.74) is 8.84. The van der Waals surface area contributed by atoms with Gasteiger partial charge in [-0.25, -0.2) is 4.79 Å². The van der Waals surface area contributed by atoms with Crippen LogP contribution in [0.2, 0.25) is 0 Å². The number of rotatable bonds is 15. The Morgan fingerprint density at radius 1 is 1.17 bits per heavy atom. The lowest BCUT2D eigenvalue weighted by Gasteiger charge is -2.28. The van der Waals surface area contributed by atoms with E-state index in [1.54, 1.807) is 11.9 Å². The molecule has 8 heteroatoms. The normalized spacial score (nSPS) is 18.1. The van der Waals surface area contributed by atoms with Gasteiger partial charge in [0.1, 0.15) is 12.4 Å². The second-order valence-corrected chi connectivity index (χ2v) is 11.3. The van der Waals surface area contributed by atoms with Gasteiger partial charge in [-0.15, -0.1) is 0 Å². The van der Waals surface area contributed by atoms with Crippen LogP contribution >= 0.6 is 0 Å². The number of allylic oxidation sites excluding steroid dienone is 3. The topological polar surface area (TPSA) is 122 Å². The summed E-state index contributed by atoms with van der Waals surface area (Å²) in [4.78, 5) is 24.8. The zero-order chi connectivity index (χ0) is 31.6. The van der Waals surface area contributed by atoms with E-state index in [9.17, 15) is 19.8 Å². The second-order valence-electron chi connectivity index (χ2n) is 11.3. The number of carbonyl (C=O) groups excluding carboxylic acids is 2. The van der Waals surface area contributed by atoms with Crippen LogP contribution in [-0.4, -0.2) is 54.7 Å². The third kappa shape index (κ3) is 9.74. The van der Waals surface area contributed by atoms with Crippen molar-refractivity contribution in [2.24, 2.45) is 29.4 Å². The van der Waals surface area contributed by atoms with Gasteiger partial charge in [-0.2, -0.15) is 0 Å². The van der Waals surface area contributed by atoms with E-state index in [1.807, 2.05) is 83.2 Å². The minimum Gasteiger partial charge on any atom is -0.482 e. The van der Waals surface area contributed by atoms with Gasteiger partial charge in [0.2, 0.25) is 0 Å². The first-order valence-corrected chi connectivity index (χ1v) is 14.5. The Kier molecular flexibility index (Phi) is 13.3. The molecule has 230 valence electrons. The van der Waals surface area contributed by atoms with Gasteiger partial charge in [0, 0.05) is 24.8 Å². The van der Waals surface area contributed by atoms with E-state index in [1.165, 1.54) is 0 Å². The van der Waals surface area contributed by atoms with Gasteiger partial charge in [0.25, 0.3) is 5.91 Å². The second kappa shape index (κ2) is 16.1. The highest BCUT2D eigenvalue weighted by Crippen LogP contribution is 2.33. The van der Waals surface area contributed by atoms with Gasteiger partial charge in [0.15, 0.2) is 6.61 Å². The highest BCUT2D eigenvalue weighted by molar-refractivity contribution is 5.97. The molecule has 1 heterocycles. The van der Waals surface area contributed by atoms with Crippen LogP contribution in [0.3, 0.4) is 0 Å². The van der Waals surface area contributed by atoms with Crippen molar-refractivity contribution in [1.29, 1.82) is 0 Å². The lowest BCUT2D eigenvalue weighted by atomic mass is 9.82. The average molecular weight is 581 g/mol. The maximum atomic E-state index is 12.0. The fraction of sp³-hybridized carbons (Fsp3) is 0.471. The number of aliphatic hydroxyl groups is 2. The molecule has 2 amide bonds. The van der Waals surface area contributed by atoms with Crippen molar-refractivity contribution < 1.29 is 29.3 Å². The molecule has 4 N–H and O–H groups in total. The van der Waals surface area contributed by atoms with Crippen molar-refractivity contribution in [1.82, 2.24) is 0 Å². The molecular weight excluding hydrogens is 532 g/mol. The minimum atomic E-state index is -0.995. The quantitative estimate of drug-likeness (QED) is 0.225. The van der Waals surface area contributed by atoms with Gasteiger partial charge >= 0.3 is 6.09 Å². The molecular formula is C34H48N2O6. The number of hydrogen-bond donors (Lipinski definition) is 3. The predicted molar refractivity (Wildman–Crippen MR) is 169 cm³/mol. The average Bonchev–Trinajstić information content (AvgIpc) is 2.95. The van der Waals surface area contributed by atoms with Crippen LogP contribution in [0.4, 0.5) is 10.5 Å². The Labute approximate surface area is 250 Å². The highest BCUT2D eigenvalue weighted by atomic mass is 16.5. The zero-order valence-corrected chi connectivity index (χ0v) is 25.9. The molecule has 1 aromatic rings. The van der Waals surface area contributed by atoms with Crippen molar-refractivity contribution in [3.05, 3.63) is 77.9 Å². The number of benzene rings is 1. The number of nitrogens with two attached hydrogens (primary N) is 1. The van der Waals surface area contributed by atoms with Crippen LogP contribution in [0.1, 0.15) is 53.0 Å². The Morgan fingerprint density at radius 3 is 2.50 bits per heavy atom. The molecule has 6 atom stereocenters. The minimum absolute atomic E-state index is 0.0191. The number of ether oxygens (including phenoxy) is 2. The molecule has 42 heavy (non-hydrogen) atoms. The van der Waals surface area contributed by atoms with Gasteiger partial charge in [-0.1, -0.05) is 82.9 Å². The molecule has 2 rings (SSSR count). The number of amides is 2. The number of hydrogen-bond acceptors (Lipinski definition) is 6. The maximum Gasteiger partial charge on any atom is 0.404 e. The number of anilines is 1. The monoisotopic (exact) mass is 580 g/mol. The predicted octanol–water partition coefficient (Wildman–Crippen LogP) is 5.81. The van der Waals surface area contributed by atoms with Gasteiger partial charge in [0.05, 0.1) is 17.9 Å². The van der Waals surface area contributed by atoms with Crippen LogP contribution in [0.25, 0.3) is 6.08 Å². The molecule has 1 aliphatic rings. The van der Waals surface area contributed by atoms with Crippen LogP contribution < -0.4 is 15.4 Å². The Hall–Kier alpha value is -3.62. The van der Waals surface area contributed by atoms with E-state index in [4.69, 9.17) is 15.2 Å². The van der Waals surface area contributed by atoms with E-state index in [2.05, 4.69) is 13.2 Å². The molecule has 0 fully saturated rings. The summed E-state index contributed by atoms with van der Waals surface area (Å²) in [6, 6.07) is 5.66. The van der Waals surface area contributed by atoms with Gasteiger partial charge < -0.3 is 30.3 Å². The van der Waals surface area contributed by atoms with Crippen molar-refractivity contribution in [2.75, 3.05) is 25.2 Å². The first kappa shape index (κ1) is 34.6. The summed E-state index contributed by atoms with van der Waals surface area (Å²) >= 11 is 0. The van der Waals surface area contributed by atoms with E-state index in [0.29, 0.717) is 23.3 Å². The molecule has 0 aromatic heterocycles. The summed E-state index contributed by atoms with van der Waals surface area (Å²) in [6.45, 7) is 18.1. The lowest BCUT2D eigenvalue weighted by molar-refractivity contribution is -0.120. The summed E-state index contributed by atoms with van der Waals surface area (Å²) in [7, 11) is 1.73. The molecule has 0 spiro atoms. The molecule has 0 unspecified atom stereocenters. The molecule has 0 aliphatic carbocycles. The molecule has 0 saturated heterocycles. The first-order valence-electron chi connectivity index (χ1n) is 14.5. The van der Waals surface area contributed by atoms with E-state index < -0.39 is 18.3 Å². The molecule has 1 aliphatic heterocycles. The SMILES string of the molecule is C=C(C/C(C)=C\[C@H](C)[C@@H](O)[C@@H](C)/C=C\c1ccc2c(c1)N(C)C(=O)CO2)[C@@H](O)C(=C)[C@@H](COC(N)=O)[C@@H](C)/C=C\CC. The number of likely N-dealkylation sites (N-methyl/N-ethyl adjacent to an activating group) is 1. The first-order chi connectivity index (χ1) is 19.8. The Morgan fingerprint density at radius 2 is 1.86 bits per heavy atom. The lowest BCUT2D eigenvalue weighted by Crippen LogP contribution is -2.35. The van der Waals surface area contributed by atoms with E-state index in [0.717, 1.165) is 23.2 Å². The van der Waals surface area contributed by atoms with Crippen LogP contribution in [0.5, 0.6) is 5.75 Å². The maximum absolute atomic E-state index is 12.0. The van der Waals surface area contributed by atoms with Crippen molar-refractivity contribution >= 4 is 23.8 Å². The number of nitrogens with zero attached hydrogens (tertiary/aromatic N) is 1. The van der Waals surface area contributed by atoms with E-state index >= 15 is 0 Å². The molecule has 0 saturated carbocycles. The van der Waals surface area contributed by atoms with Crippen LogP contribution in [-0.2, 0) is 9.53 Å². The standard InChI is InChI=1S/C34H48N2O6/c1-9-10-11-22(3)28(19-42-34(35)40)26(7)33(39)25(6)17-21(2)16-24(5)32(38)23(4)12-13-27-14-15-30-29(18-27)36(8)31(37)20-41-30/h10-16,18,22-24,28,32-33,38-39H,6-7,9,17,19-20H2,1-5,8H3,(H2,35,40)/b11-10-,13-12-,21-16-/t22-,23-,24-,28-,32-,33+/m0/s1. The van der Waals surface area contributed by atoms with Crippen molar-refractivity contribution in [3.8, 4) is 5.75 Å². The fourth-order valence-electron chi connectivity index (χ4n) is 5.03. The number of fused-ring (bicyclic) bond motifs is 1. The molecule has 0 bridgehead atoms. The summed E-state index contributed by atoms with van der Waals surface area (Å²) in [5.74, 6) is -0.0862. The number of aliphatic hydroxyl groups excluding tert-OH is 2. The van der Waals surface area contributed by atoms with Crippen LogP contribution in [0.15, 0.2) is 72.4 Å². The fourth-order valence-corrected chi connectivity index (χ4v) is 5.03. The largest absolute Gasteiger partial charge is 0.482 e. The summed E-state index contributed by atoms with van der Waals surface area (Å²) in [6.07, 6.45) is 8.69.